The molecule has 2 unspecified atom stereocenters. The Kier molecular flexibility index (Phi) is 3.48. The van der Waals surface area contributed by atoms with Gasteiger partial charge in [0, 0.05) is 6.66 Å². The molecule has 0 aromatic carbocycles. The van der Waals surface area contributed by atoms with E-state index in [1.54, 1.807) is 0 Å². The van der Waals surface area contributed by atoms with Crippen LogP contribution in [0.1, 0.15) is 13.8 Å². The van der Waals surface area contributed by atoms with Crippen LogP contribution in [0.4, 0.5) is 0 Å². The highest BCUT2D eigenvalue weighted by Crippen LogP contribution is 2.59. The van der Waals surface area contributed by atoms with Crippen molar-refractivity contribution >= 4 is 15.2 Å². The molecule has 0 spiro atoms. The van der Waals surface area contributed by atoms with E-state index in [4.69, 9.17) is 9.79 Å². The van der Waals surface area contributed by atoms with Crippen LogP contribution >= 0.6 is 15.2 Å². The first kappa shape index (κ1) is 11.3. The van der Waals surface area contributed by atoms with Crippen molar-refractivity contribution in [3.05, 3.63) is 0 Å². The quantitative estimate of drug-likeness (QED) is 0.676. The summed E-state index contributed by atoms with van der Waals surface area (Å²) in [5.74, 6) is 0. The highest BCUT2D eigenvalue weighted by Gasteiger charge is 2.31. The maximum Gasteiger partial charge on any atom is 0.337 e. The Hall–Kier alpha value is 0.340. The summed E-state index contributed by atoms with van der Waals surface area (Å²) in [6, 6.07) is 0. The summed E-state index contributed by atoms with van der Waals surface area (Å²) in [4.78, 5) is 17.5. The molecule has 0 saturated carbocycles. The molecular weight excluding hydrogens is 190 g/mol. The third-order valence-electron chi connectivity index (χ3n) is 0.921. The zero-order valence-electron chi connectivity index (χ0n) is 6.59. The molecule has 0 aromatic rings. The fourth-order valence-corrected chi connectivity index (χ4v) is 2.80. The Morgan fingerprint density at radius 3 is 1.73 bits per heavy atom. The minimum Gasteiger partial charge on any atom is -0.324 e. The fourth-order valence-electron chi connectivity index (χ4n) is 0.311. The zero-order valence-corrected chi connectivity index (χ0v) is 8.38. The normalized spacial score (nSPS) is 22.7. The maximum atomic E-state index is 10.9. The average Bonchev–Trinajstić information content (AvgIpc) is 1.56. The molecule has 2 N–H and O–H groups in total. The highest BCUT2D eigenvalue weighted by molar-refractivity contribution is 7.66. The van der Waals surface area contributed by atoms with Gasteiger partial charge in [0.15, 0.2) is 0 Å². The largest absolute Gasteiger partial charge is 0.337 e. The lowest BCUT2D eigenvalue weighted by Crippen LogP contribution is -1.99. The van der Waals surface area contributed by atoms with Crippen LogP contribution in [0.5, 0.6) is 0 Å². The van der Waals surface area contributed by atoms with Gasteiger partial charge in [-0.05, 0) is 0 Å². The SMILES string of the molecule is CC(C)P(=O)(O)OP(C)(=O)O. The van der Waals surface area contributed by atoms with Crippen molar-refractivity contribution < 1.29 is 23.2 Å². The molecule has 0 aliphatic carbocycles. The van der Waals surface area contributed by atoms with Gasteiger partial charge in [0.2, 0.25) is 0 Å². The second-order valence-electron chi connectivity index (χ2n) is 2.54. The number of hydrogen-bond acceptors (Lipinski definition) is 3. The Labute approximate surface area is 65.5 Å². The van der Waals surface area contributed by atoms with E-state index in [0.717, 1.165) is 6.66 Å². The van der Waals surface area contributed by atoms with Crippen LogP contribution in [0, 0.1) is 0 Å². The van der Waals surface area contributed by atoms with E-state index in [1.165, 1.54) is 13.8 Å². The Balaban J connectivity index is 4.39. The molecule has 68 valence electrons. The van der Waals surface area contributed by atoms with Gasteiger partial charge in [-0.3, -0.25) is 9.13 Å². The van der Waals surface area contributed by atoms with E-state index in [2.05, 4.69) is 4.31 Å². The Morgan fingerprint density at radius 1 is 1.27 bits per heavy atom. The number of hydrogen-bond donors (Lipinski definition) is 2. The van der Waals surface area contributed by atoms with Crippen LogP contribution in [-0.2, 0) is 13.4 Å². The van der Waals surface area contributed by atoms with E-state index >= 15 is 0 Å². The van der Waals surface area contributed by atoms with Gasteiger partial charge >= 0.3 is 15.2 Å². The van der Waals surface area contributed by atoms with Crippen molar-refractivity contribution in [2.75, 3.05) is 6.66 Å². The second-order valence-corrected chi connectivity index (χ2v) is 6.96. The summed E-state index contributed by atoms with van der Waals surface area (Å²) in [6.07, 6.45) is 0. The van der Waals surface area contributed by atoms with Crippen LogP contribution < -0.4 is 0 Å². The first-order valence-electron chi connectivity index (χ1n) is 2.99. The molecule has 0 aromatic heterocycles. The van der Waals surface area contributed by atoms with Gasteiger partial charge in [0.25, 0.3) is 0 Å². The first-order valence-corrected chi connectivity index (χ1v) is 6.66. The smallest absolute Gasteiger partial charge is 0.324 e. The molecular formula is C4H12O5P2. The Morgan fingerprint density at radius 2 is 1.64 bits per heavy atom. The molecule has 2 atom stereocenters. The third-order valence-corrected chi connectivity index (χ3v) is 4.37. The lowest BCUT2D eigenvalue weighted by Gasteiger charge is -2.16. The predicted molar refractivity (Wildman–Crippen MR) is 41.8 cm³/mol. The summed E-state index contributed by atoms with van der Waals surface area (Å²) in [5, 5.41) is 0. The molecule has 0 amide bonds. The molecule has 0 rings (SSSR count). The second kappa shape index (κ2) is 3.38. The van der Waals surface area contributed by atoms with Crippen molar-refractivity contribution in [3.8, 4) is 0 Å². The predicted octanol–water partition coefficient (Wildman–Crippen LogP) is 1.41. The fraction of sp³-hybridized carbons (Fsp3) is 1.00. The maximum absolute atomic E-state index is 10.9. The summed E-state index contributed by atoms with van der Waals surface area (Å²) >= 11 is 0. The van der Waals surface area contributed by atoms with Gasteiger partial charge in [-0.15, -0.1) is 0 Å². The van der Waals surface area contributed by atoms with Crippen LogP contribution in [0.3, 0.4) is 0 Å². The van der Waals surface area contributed by atoms with Crippen LogP contribution in [0.25, 0.3) is 0 Å². The van der Waals surface area contributed by atoms with Gasteiger partial charge in [0.1, 0.15) is 0 Å². The molecule has 0 fully saturated rings. The first-order chi connectivity index (χ1) is 4.65. The Bertz CT molecular complexity index is 217. The lowest BCUT2D eigenvalue weighted by atomic mass is 10.6. The van der Waals surface area contributed by atoms with Crippen molar-refractivity contribution in [2.24, 2.45) is 0 Å². The topological polar surface area (TPSA) is 83.8 Å². The van der Waals surface area contributed by atoms with E-state index in [0.29, 0.717) is 0 Å². The summed E-state index contributed by atoms with van der Waals surface area (Å²) in [7, 11) is -7.75. The zero-order chi connectivity index (χ0) is 9.28. The molecule has 0 bridgehead atoms. The van der Waals surface area contributed by atoms with E-state index in [9.17, 15) is 9.13 Å². The molecule has 0 radical (unpaired) electrons. The number of rotatable bonds is 3. The van der Waals surface area contributed by atoms with Crippen LogP contribution in [-0.4, -0.2) is 22.1 Å². The molecule has 0 saturated heterocycles. The van der Waals surface area contributed by atoms with E-state index < -0.39 is 20.9 Å². The van der Waals surface area contributed by atoms with Crippen molar-refractivity contribution in [2.45, 2.75) is 19.5 Å². The summed E-state index contributed by atoms with van der Waals surface area (Å²) in [6.45, 7) is 3.76. The molecule has 0 heterocycles. The van der Waals surface area contributed by atoms with Crippen LogP contribution in [0.15, 0.2) is 0 Å². The summed E-state index contributed by atoms with van der Waals surface area (Å²) in [5.41, 5.74) is -0.664. The highest BCUT2D eigenvalue weighted by atomic mass is 31.3. The van der Waals surface area contributed by atoms with Crippen molar-refractivity contribution in [3.63, 3.8) is 0 Å². The minimum atomic E-state index is -3.90. The van der Waals surface area contributed by atoms with Gasteiger partial charge in [-0.25, -0.2) is 4.31 Å². The minimum absolute atomic E-state index is 0.664. The van der Waals surface area contributed by atoms with Gasteiger partial charge < -0.3 is 9.79 Å². The molecule has 11 heavy (non-hydrogen) atoms. The van der Waals surface area contributed by atoms with Gasteiger partial charge in [-0.2, -0.15) is 0 Å². The van der Waals surface area contributed by atoms with E-state index in [1.807, 2.05) is 0 Å². The molecule has 0 aliphatic rings. The van der Waals surface area contributed by atoms with Crippen LogP contribution in [0.2, 0.25) is 0 Å². The average molecular weight is 202 g/mol. The lowest BCUT2D eigenvalue weighted by molar-refractivity contribution is 0.330. The molecule has 0 aliphatic heterocycles. The molecule has 7 heteroatoms. The van der Waals surface area contributed by atoms with Crippen molar-refractivity contribution in [1.29, 1.82) is 0 Å². The monoisotopic (exact) mass is 202 g/mol. The standard InChI is InChI=1S/C4H12O5P2/c1-4(2)11(7,8)9-10(3,5)6/h4H,1-3H3,(H,5,6)(H,7,8). The molecule has 5 nitrogen and oxygen atoms in total. The van der Waals surface area contributed by atoms with Crippen molar-refractivity contribution in [1.82, 2.24) is 0 Å². The van der Waals surface area contributed by atoms with Gasteiger partial charge in [0.05, 0.1) is 5.66 Å². The van der Waals surface area contributed by atoms with E-state index in [-0.39, 0.29) is 0 Å². The van der Waals surface area contributed by atoms with Gasteiger partial charge in [-0.1, -0.05) is 13.8 Å². The summed E-state index contributed by atoms with van der Waals surface area (Å²) < 4.78 is 25.6. The third kappa shape index (κ3) is 4.72.